The fourth-order valence-corrected chi connectivity index (χ4v) is 9.49. The zero-order valence-electron chi connectivity index (χ0n) is 34.8. The van der Waals surface area contributed by atoms with Gasteiger partial charge in [-0.2, -0.15) is 0 Å². The van der Waals surface area contributed by atoms with Crippen LogP contribution in [0.5, 0.6) is 11.5 Å². The highest BCUT2D eigenvalue weighted by Crippen LogP contribution is 2.64. The van der Waals surface area contributed by atoms with Gasteiger partial charge in [0.05, 0.1) is 11.1 Å². The smallest absolute Gasteiger partial charge is 0.132 e. The Labute approximate surface area is 349 Å². The number of rotatable bonds is 5. The van der Waals surface area contributed by atoms with Gasteiger partial charge in [-0.3, -0.25) is 0 Å². The number of hydrogen-bond donors (Lipinski definition) is 0. The predicted molar refractivity (Wildman–Crippen MR) is 247 cm³/mol. The van der Waals surface area contributed by atoms with Crippen LogP contribution >= 0.6 is 0 Å². The lowest BCUT2D eigenvalue weighted by atomic mass is 9.64. The van der Waals surface area contributed by atoms with Crippen LogP contribution in [0.4, 0.5) is 17.1 Å². The Morgan fingerprint density at radius 1 is 0.390 bits per heavy atom. The maximum atomic E-state index is 6.92. The fourth-order valence-electron chi connectivity index (χ4n) is 9.49. The van der Waals surface area contributed by atoms with Crippen molar-refractivity contribution in [1.29, 1.82) is 0 Å². The first-order valence-corrected chi connectivity index (χ1v) is 20.8. The molecule has 2 heteroatoms. The van der Waals surface area contributed by atoms with Crippen molar-refractivity contribution >= 4 is 17.1 Å². The number of ether oxygens (including phenoxy) is 1. The van der Waals surface area contributed by atoms with E-state index in [1.54, 1.807) is 0 Å². The summed E-state index contributed by atoms with van der Waals surface area (Å²) in [7, 11) is 0. The van der Waals surface area contributed by atoms with Crippen molar-refractivity contribution in [3.05, 3.63) is 221 Å². The molecule has 1 spiro atoms. The lowest BCUT2D eigenvalue weighted by molar-refractivity contribution is 0.433. The van der Waals surface area contributed by atoms with Crippen LogP contribution in [0.15, 0.2) is 188 Å². The maximum Gasteiger partial charge on any atom is 0.132 e. The minimum atomic E-state index is -0.602. The SMILES string of the molecule is CC(C)(C)c1ccc2c(c1)C1(c3cc(C(C)(C)C)ccc3O2)c2ccccc2-c2c(-c3ccccc3N(c3ccccc3)c3ccc(-c4ccccc4)cc3)cccc21. The Hall–Kier alpha value is -6.64. The molecule has 0 bridgehead atoms. The summed E-state index contributed by atoms with van der Waals surface area (Å²) in [5, 5.41) is 0. The van der Waals surface area contributed by atoms with Gasteiger partial charge in [0, 0.05) is 28.1 Å². The number of para-hydroxylation sites is 2. The zero-order chi connectivity index (χ0) is 40.5. The lowest BCUT2D eigenvalue weighted by Crippen LogP contribution is -2.33. The number of nitrogens with zero attached hydrogens (tertiary/aromatic N) is 1. The average Bonchev–Trinajstić information content (AvgIpc) is 3.55. The van der Waals surface area contributed by atoms with E-state index < -0.39 is 5.41 Å². The third kappa shape index (κ3) is 5.92. The molecule has 288 valence electrons. The summed E-state index contributed by atoms with van der Waals surface area (Å²) in [4.78, 5) is 2.41. The predicted octanol–water partition coefficient (Wildman–Crippen LogP) is 15.6. The molecule has 8 aromatic rings. The summed E-state index contributed by atoms with van der Waals surface area (Å²) in [5.74, 6) is 1.83. The summed E-state index contributed by atoms with van der Waals surface area (Å²) in [6.07, 6.45) is 0. The Balaban J connectivity index is 1.25. The molecular formula is C57H49NO. The largest absolute Gasteiger partial charge is 0.457 e. The quantitative estimate of drug-likeness (QED) is 0.173. The standard InChI is InChI=1S/C57H49NO/c1-55(2,3)40-30-34-52-49(36-40)57(50-37-41(56(4,5)6)31-35-53(50)59-52)47-25-15-13-23-46(47)54-45(24-17-26-48(54)57)44-22-14-16-27-51(44)58(42-20-11-8-12-21-42)43-32-28-39(29-33-43)38-18-9-7-10-19-38/h7-37H,1-6H3. The summed E-state index contributed by atoms with van der Waals surface area (Å²) in [6, 6.07) is 69.1. The monoisotopic (exact) mass is 763 g/mol. The van der Waals surface area contributed by atoms with Crippen molar-refractivity contribution < 1.29 is 4.74 Å². The molecule has 2 nitrogen and oxygen atoms in total. The average molecular weight is 764 g/mol. The highest BCUT2D eigenvalue weighted by molar-refractivity contribution is 6.00. The molecule has 0 N–H and O–H groups in total. The number of anilines is 3. The molecule has 0 fully saturated rings. The third-order valence-electron chi connectivity index (χ3n) is 12.5. The van der Waals surface area contributed by atoms with Crippen LogP contribution in [-0.4, -0.2) is 0 Å². The highest BCUT2D eigenvalue weighted by Gasteiger charge is 2.52. The Bertz CT molecular complexity index is 2790. The fraction of sp³-hybridized carbons (Fsp3) is 0.158. The van der Waals surface area contributed by atoms with E-state index in [1.165, 1.54) is 66.8 Å². The second kappa shape index (κ2) is 13.7. The molecule has 1 aliphatic heterocycles. The van der Waals surface area contributed by atoms with E-state index in [0.717, 1.165) is 28.6 Å². The molecule has 1 aliphatic carbocycles. The van der Waals surface area contributed by atoms with Gasteiger partial charge in [0.1, 0.15) is 11.5 Å². The van der Waals surface area contributed by atoms with Gasteiger partial charge >= 0.3 is 0 Å². The van der Waals surface area contributed by atoms with E-state index >= 15 is 0 Å². The first-order chi connectivity index (χ1) is 28.5. The normalized spacial score (nSPS) is 13.5. The van der Waals surface area contributed by atoms with Crippen LogP contribution in [0.2, 0.25) is 0 Å². The molecule has 0 saturated heterocycles. The Morgan fingerprint density at radius 3 is 1.51 bits per heavy atom. The van der Waals surface area contributed by atoms with Crippen molar-refractivity contribution in [3.63, 3.8) is 0 Å². The van der Waals surface area contributed by atoms with Crippen LogP contribution in [0.25, 0.3) is 33.4 Å². The van der Waals surface area contributed by atoms with E-state index in [1.807, 2.05) is 0 Å². The van der Waals surface area contributed by atoms with Gasteiger partial charge in [-0.1, -0.05) is 175 Å². The summed E-state index contributed by atoms with van der Waals surface area (Å²) in [6.45, 7) is 13.8. The van der Waals surface area contributed by atoms with Gasteiger partial charge < -0.3 is 9.64 Å². The van der Waals surface area contributed by atoms with Crippen LogP contribution in [-0.2, 0) is 16.2 Å². The number of fused-ring (bicyclic) bond motifs is 9. The molecule has 0 aromatic heterocycles. The number of benzene rings is 8. The molecule has 0 amide bonds. The van der Waals surface area contributed by atoms with Crippen LogP contribution in [0.1, 0.15) is 74.9 Å². The summed E-state index contributed by atoms with van der Waals surface area (Å²) < 4.78 is 6.92. The van der Waals surface area contributed by atoms with Crippen molar-refractivity contribution in [2.24, 2.45) is 0 Å². The van der Waals surface area contributed by atoms with E-state index in [2.05, 4.69) is 234 Å². The molecule has 0 radical (unpaired) electrons. The van der Waals surface area contributed by atoms with Crippen molar-refractivity contribution in [2.75, 3.05) is 4.90 Å². The Morgan fingerprint density at radius 2 is 0.881 bits per heavy atom. The molecular weight excluding hydrogens is 715 g/mol. The van der Waals surface area contributed by atoms with E-state index in [0.29, 0.717) is 0 Å². The molecule has 0 atom stereocenters. The van der Waals surface area contributed by atoms with Crippen LogP contribution in [0, 0.1) is 0 Å². The molecule has 2 aliphatic rings. The topological polar surface area (TPSA) is 12.5 Å². The molecule has 8 aromatic carbocycles. The summed E-state index contributed by atoms with van der Waals surface area (Å²) in [5.41, 5.74) is 17.5. The third-order valence-corrected chi connectivity index (χ3v) is 12.5. The second-order valence-electron chi connectivity index (χ2n) is 18.1. The molecule has 59 heavy (non-hydrogen) atoms. The van der Waals surface area contributed by atoms with E-state index in [4.69, 9.17) is 4.74 Å². The van der Waals surface area contributed by atoms with E-state index in [9.17, 15) is 0 Å². The van der Waals surface area contributed by atoms with Crippen molar-refractivity contribution in [2.45, 2.75) is 57.8 Å². The highest BCUT2D eigenvalue weighted by atomic mass is 16.5. The van der Waals surface area contributed by atoms with Gasteiger partial charge in [-0.15, -0.1) is 0 Å². The van der Waals surface area contributed by atoms with Crippen LogP contribution < -0.4 is 9.64 Å². The van der Waals surface area contributed by atoms with Crippen LogP contribution in [0.3, 0.4) is 0 Å². The van der Waals surface area contributed by atoms with Gasteiger partial charge in [-0.25, -0.2) is 0 Å². The summed E-state index contributed by atoms with van der Waals surface area (Å²) >= 11 is 0. The van der Waals surface area contributed by atoms with Gasteiger partial charge in [0.15, 0.2) is 0 Å². The first-order valence-electron chi connectivity index (χ1n) is 20.8. The minimum Gasteiger partial charge on any atom is -0.457 e. The molecule has 1 heterocycles. The molecule has 0 saturated carbocycles. The second-order valence-corrected chi connectivity index (χ2v) is 18.1. The first kappa shape index (κ1) is 36.7. The zero-order valence-corrected chi connectivity index (χ0v) is 34.8. The van der Waals surface area contributed by atoms with Crippen molar-refractivity contribution in [1.82, 2.24) is 0 Å². The van der Waals surface area contributed by atoms with Gasteiger partial charge in [0.2, 0.25) is 0 Å². The van der Waals surface area contributed by atoms with Gasteiger partial charge in [-0.05, 0) is 115 Å². The lowest BCUT2D eigenvalue weighted by Gasteiger charge is -2.41. The maximum absolute atomic E-state index is 6.92. The van der Waals surface area contributed by atoms with E-state index in [-0.39, 0.29) is 10.8 Å². The molecule has 10 rings (SSSR count). The van der Waals surface area contributed by atoms with Crippen molar-refractivity contribution in [3.8, 4) is 44.9 Å². The number of hydrogen-bond acceptors (Lipinski definition) is 2. The molecule has 0 unspecified atom stereocenters. The van der Waals surface area contributed by atoms with Gasteiger partial charge in [0.25, 0.3) is 0 Å². The Kier molecular flexibility index (Phi) is 8.54. The minimum absolute atomic E-state index is 0.0499.